The number of sulfonamides is 1. The number of carbonyl (C=O) groups is 1. The zero-order chi connectivity index (χ0) is 19.6. The number of thiophene rings is 1. The lowest BCUT2D eigenvalue weighted by Crippen LogP contribution is -2.22. The predicted molar refractivity (Wildman–Crippen MR) is 112 cm³/mol. The van der Waals surface area contributed by atoms with E-state index in [0.717, 1.165) is 15.6 Å². The highest BCUT2D eigenvalue weighted by Gasteiger charge is 2.16. The molecule has 4 aromatic rings. The van der Waals surface area contributed by atoms with E-state index in [-0.39, 0.29) is 17.2 Å². The summed E-state index contributed by atoms with van der Waals surface area (Å²) in [6, 6.07) is 25.2. The van der Waals surface area contributed by atoms with E-state index in [1.54, 1.807) is 42.5 Å². The Labute approximate surface area is 167 Å². The molecule has 28 heavy (non-hydrogen) atoms. The van der Waals surface area contributed by atoms with Crippen LogP contribution in [0.4, 0.5) is 0 Å². The van der Waals surface area contributed by atoms with E-state index in [4.69, 9.17) is 0 Å². The summed E-state index contributed by atoms with van der Waals surface area (Å²) in [5, 5.41) is 1.86. The Morgan fingerprint density at radius 2 is 1.54 bits per heavy atom. The van der Waals surface area contributed by atoms with Gasteiger partial charge in [-0.2, -0.15) is 0 Å². The van der Waals surface area contributed by atoms with Crippen molar-refractivity contribution in [2.75, 3.05) is 0 Å². The monoisotopic (exact) mass is 407 g/mol. The Hall–Kier alpha value is -2.80. The first-order valence-electron chi connectivity index (χ1n) is 8.70. The van der Waals surface area contributed by atoms with Crippen LogP contribution in [0, 0.1) is 0 Å². The molecular formula is C22H17NO3S2. The molecule has 1 heterocycles. The number of benzene rings is 3. The maximum Gasteiger partial charge on any atom is 0.240 e. The highest BCUT2D eigenvalue weighted by atomic mass is 32.2. The van der Waals surface area contributed by atoms with Crippen LogP contribution in [0.1, 0.15) is 20.1 Å². The van der Waals surface area contributed by atoms with Crippen LogP contribution in [0.5, 0.6) is 0 Å². The average Bonchev–Trinajstić information content (AvgIpc) is 3.21. The number of rotatable bonds is 6. The molecule has 1 N–H and O–H groups in total. The SMILES string of the molecule is O=C(c1ccccc1)c1ccc(CNS(=O)(=O)c2ccc3ccccc3c2)s1. The quantitative estimate of drug-likeness (QED) is 0.475. The first kappa shape index (κ1) is 18.6. The van der Waals surface area contributed by atoms with Gasteiger partial charge >= 0.3 is 0 Å². The van der Waals surface area contributed by atoms with E-state index >= 15 is 0 Å². The first-order chi connectivity index (χ1) is 13.5. The molecular weight excluding hydrogens is 390 g/mol. The summed E-state index contributed by atoms with van der Waals surface area (Å²) in [6.45, 7) is 0.141. The molecule has 0 bridgehead atoms. The molecule has 0 saturated heterocycles. The van der Waals surface area contributed by atoms with Gasteiger partial charge in [-0.15, -0.1) is 11.3 Å². The molecule has 0 aliphatic heterocycles. The van der Waals surface area contributed by atoms with E-state index in [1.807, 2.05) is 42.5 Å². The van der Waals surface area contributed by atoms with Crippen molar-refractivity contribution in [3.63, 3.8) is 0 Å². The molecule has 0 radical (unpaired) electrons. The molecule has 1 aromatic heterocycles. The van der Waals surface area contributed by atoms with Crippen molar-refractivity contribution in [3.8, 4) is 0 Å². The fourth-order valence-corrected chi connectivity index (χ4v) is 4.95. The lowest BCUT2D eigenvalue weighted by Gasteiger charge is -2.07. The largest absolute Gasteiger partial charge is 0.288 e. The molecule has 0 unspecified atom stereocenters. The van der Waals surface area contributed by atoms with Gasteiger partial charge in [-0.1, -0.05) is 60.7 Å². The zero-order valence-electron chi connectivity index (χ0n) is 14.8. The Balaban J connectivity index is 1.49. The van der Waals surface area contributed by atoms with Gasteiger partial charge in [-0.25, -0.2) is 13.1 Å². The van der Waals surface area contributed by atoms with E-state index in [2.05, 4.69) is 4.72 Å². The van der Waals surface area contributed by atoms with Crippen LogP contribution in [0.25, 0.3) is 10.8 Å². The number of hydrogen-bond acceptors (Lipinski definition) is 4. The summed E-state index contributed by atoms with van der Waals surface area (Å²) >= 11 is 1.30. The van der Waals surface area contributed by atoms with Crippen molar-refractivity contribution in [3.05, 3.63) is 100 Å². The molecule has 6 heteroatoms. The summed E-state index contributed by atoms with van der Waals surface area (Å²) in [5.41, 5.74) is 0.618. The summed E-state index contributed by atoms with van der Waals surface area (Å²) in [5.74, 6) is -0.0609. The number of carbonyl (C=O) groups excluding carboxylic acids is 1. The minimum atomic E-state index is -3.64. The Morgan fingerprint density at radius 3 is 2.32 bits per heavy atom. The maximum atomic E-state index is 12.6. The highest BCUT2D eigenvalue weighted by Crippen LogP contribution is 2.22. The van der Waals surface area contributed by atoms with E-state index < -0.39 is 10.0 Å². The third kappa shape index (κ3) is 3.89. The van der Waals surface area contributed by atoms with Gasteiger partial charge in [0.25, 0.3) is 0 Å². The Kier molecular flexibility index (Phi) is 5.09. The van der Waals surface area contributed by atoms with Crippen LogP contribution in [0.2, 0.25) is 0 Å². The predicted octanol–water partition coefficient (Wildman–Crippen LogP) is 4.61. The van der Waals surface area contributed by atoms with Gasteiger partial charge < -0.3 is 0 Å². The average molecular weight is 408 g/mol. The molecule has 0 atom stereocenters. The van der Waals surface area contributed by atoms with Crippen LogP contribution in [-0.2, 0) is 16.6 Å². The number of nitrogens with one attached hydrogen (secondary N) is 1. The summed E-state index contributed by atoms with van der Waals surface area (Å²) < 4.78 is 27.9. The third-order valence-corrected chi connectivity index (χ3v) is 6.87. The molecule has 4 nitrogen and oxygen atoms in total. The van der Waals surface area contributed by atoms with Crippen molar-refractivity contribution in [2.45, 2.75) is 11.4 Å². The van der Waals surface area contributed by atoms with Gasteiger partial charge in [0.1, 0.15) is 0 Å². The van der Waals surface area contributed by atoms with Crippen LogP contribution < -0.4 is 4.72 Å². The molecule has 0 aliphatic rings. The van der Waals surface area contributed by atoms with Crippen molar-refractivity contribution < 1.29 is 13.2 Å². The molecule has 140 valence electrons. The fraction of sp³-hybridized carbons (Fsp3) is 0.0455. The lowest BCUT2D eigenvalue weighted by molar-refractivity contribution is 0.104. The van der Waals surface area contributed by atoms with Crippen molar-refractivity contribution in [1.29, 1.82) is 0 Å². The minimum absolute atomic E-state index is 0.0609. The standard InChI is InChI=1S/C22H17NO3S2/c24-22(17-7-2-1-3-8-17)21-13-11-19(27-21)15-23-28(25,26)20-12-10-16-6-4-5-9-18(16)14-20/h1-14,23H,15H2. The molecule has 0 fully saturated rings. The maximum absolute atomic E-state index is 12.6. The van der Waals surface area contributed by atoms with Crippen LogP contribution >= 0.6 is 11.3 Å². The number of hydrogen-bond donors (Lipinski definition) is 1. The molecule has 0 amide bonds. The smallest absolute Gasteiger partial charge is 0.240 e. The summed E-state index contributed by atoms with van der Waals surface area (Å²) in [7, 11) is -3.64. The lowest BCUT2D eigenvalue weighted by atomic mass is 10.1. The van der Waals surface area contributed by atoms with Crippen molar-refractivity contribution in [1.82, 2.24) is 4.72 Å². The number of ketones is 1. The second-order valence-electron chi connectivity index (χ2n) is 6.29. The zero-order valence-corrected chi connectivity index (χ0v) is 16.5. The van der Waals surface area contributed by atoms with Crippen LogP contribution in [0.15, 0.2) is 89.8 Å². The van der Waals surface area contributed by atoms with Crippen molar-refractivity contribution in [2.24, 2.45) is 0 Å². The fourth-order valence-electron chi connectivity index (χ4n) is 2.91. The molecule has 3 aromatic carbocycles. The second-order valence-corrected chi connectivity index (χ2v) is 9.23. The van der Waals surface area contributed by atoms with E-state index in [0.29, 0.717) is 10.4 Å². The van der Waals surface area contributed by atoms with Gasteiger partial charge in [-0.3, -0.25) is 4.79 Å². The second kappa shape index (κ2) is 7.67. The Bertz CT molecular complexity index is 1250. The van der Waals surface area contributed by atoms with Gasteiger partial charge in [0.2, 0.25) is 15.8 Å². The van der Waals surface area contributed by atoms with Crippen LogP contribution in [0.3, 0.4) is 0 Å². The molecule has 0 aliphatic carbocycles. The highest BCUT2D eigenvalue weighted by molar-refractivity contribution is 7.89. The first-order valence-corrected chi connectivity index (χ1v) is 11.0. The summed E-state index contributed by atoms with van der Waals surface area (Å²) in [4.78, 5) is 14.1. The van der Waals surface area contributed by atoms with E-state index in [9.17, 15) is 13.2 Å². The van der Waals surface area contributed by atoms with E-state index in [1.165, 1.54) is 11.3 Å². The normalized spacial score (nSPS) is 11.6. The van der Waals surface area contributed by atoms with Gasteiger partial charge in [-0.05, 0) is 35.0 Å². The van der Waals surface area contributed by atoms with Gasteiger partial charge in [0.05, 0.1) is 9.77 Å². The van der Waals surface area contributed by atoms with Crippen LogP contribution in [-0.4, -0.2) is 14.2 Å². The third-order valence-electron chi connectivity index (χ3n) is 4.39. The Morgan fingerprint density at radius 1 is 0.821 bits per heavy atom. The van der Waals surface area contributed by atoms with Gasteiger partial charge in [0.15, 0.2) is 0 Å². The van der Waals surface area contributed by atoms with Gasteiger partial charge in [0, 0.05) is 17.0 Å². The molecule has 0 saturated carbocycles. The number of fused-ring (bicyclic) bond motifs is 1. The minimum Gasteiger partial charge on any atom is -0.288 e. The molecule has 4 rings (SSSR count). The molecule has 0 spiro atoms. The summed E-state index contributed by atoms with van der Waals surface area (Å²) in [6.07, 6.45) is 0. The topological polar surface area (TPSA) is 63.2 Å². The van der Waals surface area contributed by atoms with Crippen molar-refractivity contribution >= 4 is 37.9 Å².